The molecule has 1 aliphatic rings. The largest absolute Gasteiger partial charge is 0.371 e. The quantitative estimate of drug-likeness (QED) is 0.796. The zero-order chi connectivity index (χ0) is 19.9. The smallest absolute Gasteiger partial charge is 0.317 e. The number of carbonyl (C=O) groups is 1. The summed E-state index contributed by atoms with van der Waals surface area (Å²) in [5.41, 5.74) is 4.85. The van der Waals surface area contributed by atoms with Crippen molar-refractivity contribution < 1.29 is 4.79 Å². The van der Waals surface area contributed by atoms with E-state index in [4.69, 9.17) is 0 Å². The molecule has 0 radical (unpaired) electrons. The Hall–Kier alpha value is -2.53. The maximum atomic E-state index is 12.6. The summed E-state index contributed by atoms with van der Waals surface area (Å²) in [5, 5.41) is 3.03. The van der Waals surface area contributed by atoms with E-state index in [1.165, 1.54) is 29.7 Å². The molecule has 150 valence electrons. The highest BCUT2D eigenvalue weighted by Crippen LogP contribution is 2.25. The maximum Gasteiger partial charge on any atom is 0.317 e. The van der Waals surface area contributed by atoms with E-state index in [0.29, 0.717) is 13.1 Å². The van der Waals surface area contributed by atoms with E-state index in [-0.39, 0.29) is 6.03 Å². The topological polar surface area (TPSA) is 38.8 Å². The molecule has 2 aromatic carbocycles. The molecular formula is C23H32N4O. The first kappa shape index (κ1) is 20.2. The number of amides is 2. The van der Waals surface area contributed by atoms with Gasteiger partial charge in [-0.1, -0.05) is 42.5 Å². The molecule has 2 aromatic rings. The lowest BCUT2D eigenvalue weighted by molar-refractivity contribution is 0.206. The fourth-order valence-electron chi connectivity index (χ4n) is 3.68. The summed E-state index contributed by atoms with van der Waals surface area (Å²) >= 11 is 0. The number of carbonyl (C=O) groups excluding carboxylic acids is 1. The number of hydrogen-bond donors (Lipinski definition) is 1. The standard InChI is InChI=1S/C23H32N4O/c1-25(2)17-20-12-10-19(11-13-20)16-24-23(28)26(3)18-21-8-4-5-9-22(21)27-14-6-7-15-27/h4-5,8-13H,6-7,14-18H2,1-3H3,(H,24,28). The minimum atomic E-state index is -0.0476. The fourth-order valence-corrected chi connectivity index (χ4v) is 3.68. The van der Waals surface area contributed by atoms with Crippen molar-refractivity contribution in [3.8, 4) is 0 Å². The average Bonchev–Trinajstić information content (AvgIpc) is 3.21. The Bertz CT molecular complexity index is 766. The van der Waals surface area contributed by atoms with Gasteiger partial charge in [-0.05, 0) is 49.7 Å². The summed E-state index contributed by atoms with van der Waals surface area (Å²) in [4.78, 5) is 18.9. The lowest BCUT2D eigenvalue weighted by Gasteiger charge is -2.24. The van der Waals surface area contributed by atoms with Gasteiger partial charge in [0.2, 0.25) is 0 Å². The Labute approximate surface area is 168 Å². The molecule has 0 saturated carbocycles. The molecule has 5 heteroatoms. The molecule has 0 spiro atoms. The number of urea groups is 1. The first-order valence-electron chi connectivity index (χ1n) is 10.1. The van der Waals surface area contributed by atoms with Crippen LogP contribution >= 0.6 is 0 Å². The molecule has 2 amide bonds. The van der Waals surface area contributed by atoms with Crippen LogP contribution in [0.1, 0.15) is 29.5 Å². The van der Waals surface area contributed by atoms with Crippen molar-refractivity contribution in [2.75, 3.05) is 39.1 Å². The Morgan fingerprint density at radius 2 is 1.57 bits per heavy atom. The van der Waals surface area contributed by atoms with Gasteiger partial charge in [-0.2, -0.15) is 0 Å². The lowest BCUT2D eigenvalue weighted by Crippen LogP contribution is -2.36. The minimum absolute atomic E-state index is 0.0476. The summed E-state index contributed by atoms with van der Waals surface area (Å²) in [6.07, 6.45) is 2.50. The molecule has 0 unspecified atom stereocenters. The van der Waals surface area contributed by atoms with Crippen molar-refractivity contribution in [2.45, 2.75) is 32.5 Å². The normalized spacial score (nSPS) is 13.8. The molecular weight excluding hydrogens is 348 g/mol. The molecule has 1 aliphatic heterocycles. The van der Waals surface area contributed by atoms with E-state index in [2.05, 4.69) is 77.7 Å². The van der Waals surface area contributed by atoms with Gasteiger partial charge in [0.25, 0.3) is 0 Å². The zero-order valence-corrected chi connectivity index (χ0v) is 17.3. The van der Waals surface area contributed by atoms with Gasteiger partial charge in [0.15, 0.2) is 0 Å². The van der Waals surface area contributed by atoms with Gasteiger partial charge in [-0.25, -0.2) is 4.79 Å². The molecule has 0 bridgehead atoms. The van der Waals surface area contributed by atoms with Crippen LogP contribution in [0.5, 0.6) is 0 Å². The van der Waals surface area contributed by atoms with Crippen molar-refractivity contribution in [3.05, 3.63) is 65.2 Å². The molecule has 1 saturated heterocycles. The minimum Gasteiger partial charge on any atom is -0.371 e. The first-order valence-corrected chi connectivity index (χ1v) is 10.1. The van der Waals surface area contributed by atoms with Gasteiger partial charge in [0.05, 0.1) is 0 Å². The summed E-state index contributed by atoms with van der Waals surface area (Å²) in [5.74, 6) is 0. The molecule has 0 aliphatic carbocycles. The predicted molar refractivity (Wildman–Crippen MR) is 115 cm³/mol. The van der Waals surface area contributed by atoms with Crippen molar-refractivity contribution in [3.63, 3.8) is 0 Å². The van der Waals surface area contributed by atoms with Gasteiger partial charge in [-0.15, -0.1) is 0 Å². The third-order valence-electron chi connectivity index (χ3n) is 5.16. The highest BCUT2D eigenvalue weighted by atomic mass is 16.2. The van der Waals surface area contributed by atoms with Crippen LogP contribution in [0.4, 0.5) is 10.5 Å². The Morgan fingerprint density at radius 3 is 2.25 bits per heavy atom. The van der Waals surface area contributed by atoms with Crippen LogP contribution < -0.4 is 10.2 Å². The zero-order valence-electron chi connectivity index (χ0n) is 17.3. The number of anilines is 1. The van der Waals surface area contributed by atoms with Crippen LogP contribution in [0.3, 0.4) is 0 Å². The van der Waals surface area contributed by atoms with Gasteiger partial charge in [0.1, 0.15) is 0 Å². The van der Waals surface area contributed by atoms with Crippen LogP contribution in [0.2, 0.25) is 0 Å². The number of para-hydroxylation sites is 1. The second-order valence-electron chi connectivity index (χ2n) is 7.89. The first-order chi connectivity index (χ1) is 13.5. The third kappa shape index (κ3) is 5.49. The summed E-state index contributed by atoms with van der Waals surface area (Å²) < 4.78 is 0. The van der Waals surface area contributed by atoms with E-state index in [9.17, 15) is 4.79 Å². The molecule has 5 nitrogen and oxygen atoms in total. The second-order valence-corrected chi connectivity index (χ2v) is 7.89. The van der Waals surface area contributed by atoms with Crippen molar-refractivity contribution in [1.29, 1.82) is 0 Å². The number of nitrogens with one attached hydrogen (secondary N) is 1. The Morgan fingerprint density at radius 1 is 0.929 bits per heavy atom. The van der Waals surface area contributed by atoms with Crippen LogP contribution in [-0.2, 0) is 19.6 Å². The van der Waals surface area contributed by atoms with Crippen molar-refractivity contribution >= 4 is 11.7 Å². The molecule has 0 atom stereocenters. The second kappa shape index (κ2) is 9.60. The maximum absolute atomic E-state index is 12.6. The van der Waals surface area contributed by atoms with Gasteiger partial charge >= 0.3 is 6.03 Å². The van der Waals surface area contributed by atoms with Crippen LogP contribution in [-0.4, -0.2) is 50.1 Å². The monoisotopic (exact) mass is 380 g/mol. The van der Waals surface area contributed by atoms with Crippen LogP contribution in [0, 0.1) is 0 Å². The van der Waals surface area contributed by atoms with Gasteiger partial charge < -0.3 is 20.0 Å². The van der Waals surface area contributed by atoms with Gasteiger partial charge in [-0.3, -0.25) is 0 Å². The molecule has 0 aromatic heterocycles. The SMILES string of the molecule is CN(C)Cc1ccc(CNC(=O)N(C)Cc2ccccc2N2CCCC2)cc1. The van der Waals surface area contributed by atoms with E-state index >= 15 is 0 Å². The third-order valence-corrected chi connectivity index (χ3v) is 5.16. The predicted octanol–water partition coefficient (Wildman–Crippen LogP) is 3.69. The molecule has 1 N–H and O–H groups in total. The van der Waals surface area contributed by atoms with Crippen LogP contribution in [0.15, 0.2) is 48.5 Å². The number of nitrogens with zero attached hydrogens (tertiary/aromatic N) is 3. The molecule has 1 fully saturated rings. The van der Waals surface area contributed by atoms with Crippen molar-refractivity contribution in [2.24, 2.45) is 0 Å². The summed E-state index contributed by atoms with van der Waals surface area (Å²) in [6, 6.07) is 16.8. The van der Waals surface area contributed by atoms with Crippen molar-refractivity contribution in [1.82, 2.24) is 15.1 Å². The molecule has 28 heavy (non-hydrogen) atoms. The highest BCUT2D eigenvalue weighted by Gasteiger charge is 2.17. The molecule has 1 heterocycles. The number of rotatable bonds is 7. The highest BCUT2D eigenvalue weighted by molar-refractivity contribution is 5.74. The lowest BCUT2D eigenvalue weighted by atomic mass is 10.1. The number of hydrogen-bond acceptors (Lipinski definition) is 3. The van der Waals surface area contributed by atoms with E-state index < -0.39 is 0 Å². The summed E-state index contributed by atoms with van der Waals surface area (Å²) in [7, 11) is 5.98. The van der Waals surface area contributed by atoms with E-state index in [0.717, 1.165) is 25.2 Å². The fraction of sp³-hybridized carbons (Fsp3) is 0.435. The van der Waals surface area contributed by atoms with Crippen LogP contribution in [0.25, 0.3) is 0 Å². The van der Waals surface area contributed by atoms with E-state index in [1.54, 1.807) is 4.90 Å². The van der Waals surface area contributed by atoms with Gasteiger partial charge in [0, 0.05) is 45.5 Å². The average molecular weight is 381 g/mol. The molecule has 3 rings (SSSR count). The Kier molecular flexibility index (Phi) is 6.93. The van der Waals surface area contributed by atoms with E-state index in [1.807, 2.05) is 7.05 Å². The summed E-state index contributed by atoms with van der Waals surface area (Å²) in [6.45, 7) is 4.29. The Balaban J connectivity index is 1.54. The number of benzene rings is 2.